The van der Waals surface area contributed by atoms with Crippen LogP contribution < -0.4 is 0 Å². The van der Waals surface area contributed by atoms with Gasteiger partial charge in [-0.2, -0.15) is 13.2 Å². The topological polar surface area (TPSA) is 17.1 Å². The Hall–Kier alpha value is -0.590. The first-order chi connectivity index (χ1) is 6.45. The Bertz CT molecular complexity index is 346. The molecule has 14 heavy (non-hydrogen) atoms. The summed E-state index contributed by atoms with van der Waals surface area (Å²) in [5.74, 6) is -0.295. The first-order valence-electron chi connectivity index (χ1n) is 3.71. The van der Waals surface area contributed by atoms with E-state index < -0.39 is 11.7 Å². The van der Waals surface area contributed by atoms with Crippen LogP contribution >= 0.6 is 22.6 Å². The third-order valence-corrected chi connectivity index (χ3v) is 2.33. The van der Waals surface area contributed by atoms with E-state index in [2.05, 4.69) is 0 Å². The van der Waals surface area contributed by atoms with Crippen LogP contribution in [0.15, 0.2) is 24.3 Å². The Morgan fingerprint density at radius 2 is 2.00 bits per heavy atom. The second-order valence-electron chi connectivity index (χ2n) is 2.64. The highest BCUT2D eigenvalue weighted by molar-refractivity contribution is 14.1. The van der Waals surface area contributed by atoms with E-state index in [4.69, 9.17) is 0 Å². The summed E-state index contributed by atoms with van der Waals surface area (Å²) in [6.07, 6.45) is -4.39. The van der Waals surface area contributed by atoms with Crippen LogP contribution in [0, 0.1) is 0 Å². The lowest BCUT2D eigenvalue weighted by Crippen LogP contribution is -2.07. The molecule has 0 spiro atoms. The summed E-state index contributed by atoms with van der Waals surface area (Å²) in [5, 5.41) is 0. The monoisotopic (exact) mass is 314 g/mol. The summed E-state index contributed by atoms with van der Waals surface area (Å²) >= 11 is 1.82. The second kappa shape index (κ2) is 4.29. The Balaban J connectivity index is 3.08. The zero-order valence-corrected chi connectivity index (χ0v) is 9.09. The highest BCUT2D eigenvalue weighted by Crippen LogP contribution is 2.29. The number of carbonyl (C=O) groups excluding carboxylic acids is 1. The van der Waals surface area contributed by atoms with Gasteiger partial charge in [-0.1, -0.05) is 34.7 Å². The molecule has 1 rings (SSSR count). The highest BCUT2D eigenvalue weighted by atomic mass is 127. The van der Waals surface area contributed by atoms with Crippen LogP contribution in [0.1, 0.15) is 15.9 Å². The molecule has 0 heterocycles. The molecule has 0 radical (unpaired) electrons. The minimum Gasteiger partial charge on any atom is -0.293 e. The molecule has 0 aliphatic carbocycles. The molecule has 0 bridgehead atoms. The van der Waals surface area contributed by atoms with Crippen LogP contribution in [0.4, 0.5) is 13.2 Å². The maximum absolute atomic E-state index is 12.2. The van der Waals surface area contributed by atoms with Gasteiger partial charge in [-0.15, -0.1) is 0 Å². The lowest BCUT2D eigenvalue weighted by molar-refractivity contribution is -0.137. The van der Waals surface area contributed by atoms with Gasteiger partial charge >= 0.3 is 6.18 Å². The van der Waals surface area contributed by atoms with Gasteiger partial charge in [0, 0.05) is 5.56 Å². The molecule has 1 nitrogen and oxygen atoms in total. The fourth-order valence-corrected chi connectivity index (χ4v) is 1.39. The summed E-state index contributed by atoms with van der Waals surface area (Å²) in [7, 11) is 0. The average Bonchev–Trinajstić information content (AvgIpc) is 2.15. The lowest BCUT2D eigenvalue weighted by atomic mass is 10.1. The molecule has 5 heteroatoms. The molecule has 0 unspecified atom stereocenters. The van der Waals surface area contributed by atoms with Gasteiger partial charge in [0.2, 0.25) is 0 Å². The minimum absolute atomic E-state index is 0.106. The largest absolute Gasteiger partial charge is 0.416 e. The van der Waals surface area contributed by atoms with Crippen LogP contribution in [-0.4, -0.2) is 10.2 Å². The molecule has 0 aliphatic rings. The number of hydrogen-bond acceptors (Lipinski definition) is 1. The number of Topliss-reactive ketones (excluding diaryl/α,β-unsaturated/α-hetero) is 1. The lowest BCUT2D eigenvalue weighted by Gasteiger charge is -2.07. The van der Waals surface area contributed by atoms with E-state index in [1.807, 2.05) is 22.6 Å². The molecule has 1 aromatic rings. The number of ketones is 1. The van der Waals surface area contributed by atoms with Crippen molar-refractivity contribution < 1.29 is 18.0 Å². The zero-order chi connectivity index (χ0) is 10.8. The van der Waals surface area contributed by atoms with Crippen molar-refractivity contribution in [2.75, 3.05) is 4.43 Å². The van der Waals surface area contributed by atoms with Crippen molar-refractivity contribution in [2.24, 2.45) is 0 Å². The van der Waals surface area contributed by atoms with Crippen molar-refractivity contribution in [3.63, 3.8) is 0 Å². The minimum atomic E-state index is -4.39. The van der Waals surface area contributed by atoms with E-state index in [-0.39, 0.29) is 15.8 Å². The van der Waals surface area contributed by atoms with Crippen molar-refractivity contribution in [1.82, 2.24) is 0 Å². The average molecular weight is 314 g/mol. The molecule has 1 aromatic carbocycles. The maximum Gasteiger partial charge on any atom is 0.416 e. The van der Waals surface area contributed by atoms with E-state index in [1.54, 1.807) is 0 Å². The van der Waals surface area contributed by atoms with Crippen LogP contribution in [0.5, 0.6) is 0 Å². The molecule has 0 aliphatic heterocycles. The van der Waals surface area contributed by atoms with Gasteiger partial charge in [-0.05, 0) is 12.1 Å². The summed E-state index contributed by atoms with van der Waals surface area (Å²) in [6.45, 7) is 0. The van der Waals surface area contributed by atoms with Gasteiger partial charge in [0.1, 0.15) is 0 Å². The maximum atomic E-state index is 12.2. The molecule has 76 valence electrons. The van der Waals surface area contributed by atoms with E-state index in [0.717, 1.165) is 12.1 Å². The Morgan fingerprint density at radius 3 is 2.50 bits per heavy atom. The predicted molar refractivity (Wildman–Crippen MR) is 54.7 cm³/mol. The molecular weight excluding hydrogens is 308 g/mol. The Morgan fingerprint density at radius 1 is 1.36 bits per heavy atom. The van der Waals surface area contributed by atoms with Crippen LogP contribution in [-0.2, 0) is 6.18 Å². The molecule has 0 saturated heterocycles. The number of rotatable bonds is 2. The predicted octanol–water partition coefficient (Wildman–Crippen LogP) is 3.32. The van der Waals surface area contributed by atoms with Crippen molar-refractivity contribution in [1.29, 1.82) is 0 Å². The number of hydrogen-bond donors (Lipinski definition) is 0. The summed E-state index contributed by atoms with van der Waals surface area (Å²) in [6, 6.07) is 4.45. The standard InChI is InChI=1S/C9H6F3IO/c10-9(11,12)7-3-1-2-6(4-7)8(14)5-13/h1-4H,5H2. The first-order valence-corrected chi connectivity index (χ1v) is 5.24. The van der Waals surface area contributed by atoms with E-state index in [1.165, 1.54) is 12.1 Å². The molecular formula is C9H6F3IO. The van der Waals surface area contributed by atoms with Gasteiger partial charge in [-0.3, -0.25) is 4.79 Å². The van der Waals surface area contributed by atoms with Crippen molar-refractivity contribution in [3.05, 3.63) is 35.4 Å². The third-order valence-electron chi connectivity index (χ3n) is 1.63. The molecule has 0 amide bonds. The summed E-state index contributed by atoms with van der Waals surface area (Å²) in [4.78, 5) is 11.1. The van der Waals surface area contributed by atoms with E-state index in [0.29, 0.717) is 0 Å². The summed E-state index contributed by atoms with van der Waals surface area (Å²) in [5.41, 5.74) is -0.678. The number of carbonyl (C=O) groups is 1. The molecule has 0 saturated carbocycles. The van der Waals surface area contributed by atoms with Gasteiger partial charge < -0.3 is 0 Å². The molecule has 0 aromatic heterocycles. The number of alkyl halides is 4. The second-order valence-corrected chi connectivity index (χ2v) is 3.40. The summed E-state index contributed by atoms with van der Waals surface area (Å²) < 4.78 is 36.8. The van der Waals surface area contributed by atoms with Crippen molar-refractivity contribution >= 4 is 28.4 Å². The van der Waals surface area contributed by atoms with Crippen molar-refractivity contribution in [3.8, 4) is 0 Å². The SMILES string of the molecule is O=C(CI)c1cccc(C(F)(F)F)c1. The molecule has 0 atom stereocenters. The zero-order valence-electron chi connectivity index (χ0n) is 6.94. The van der Waals surface area contributed by atoms with Crippen LogP contribution in [0.25, 0.3) is 0 Å². The number of benzene rings is 1. The van der Waals surface area contributed by atoms with Gasteiger partial charge in [0.15, 0.2) is 5.78 Å². The number of halogens is 4. The van der Waals surface area contributed by atoms with Gasteiger partial charge in [0.25, 0.3) is 0 Å². The molecule has 0 fully saturated rings. The first kappa shape index (κ1) is 11.5. The Labute approximate surface area is 92.4 Å². The highest BCUT2D eigenvalue weighted by Gasteiger charge is 2.30. The fourth-order valence-electron chi connectivity index (χ4n) is 0.946. The van der Waals surface area contributed by atoms with E-state index >= 15 is 0 Å². The molecule has 0 N–H and O–H groups in total. The van der Waals surface area contributed by atoms with Gasteiger partial charge in [-0.25, -0.2) is 0 Å². The van der Waals surface area contributed by atoms with Gasteiger partial charge in [0.05, 0.1) is 9.99 Å². The Kier molecular flexibility index (Phi) is 3.52. The smallest absolute Gasteiger partial charge is 0.293 e. The van der Waals surface area contributed by atoms with Crippen LogP contribution in [0.2, 0.25) is 0 Å². The fraction of sp³-hybridized carbons (Fsp3) is 0.222. The van der Waals surface area contributed by atoms with Crippen LogP contribution in [0.3, 0.4) is 0 Å². The van der Waals surface area contributed by atoms with Crippen molar-refractivity contribution in [2.45, 2.75) is 6.18 Å². The third kappa shape index (κ3) is 2.70. The normalized spacial score (nSPS) is 11.4. The van der Waals surface area contributed by atoms with E-state index in [9.17, 15) is 18.0 Å². The quantitative estimate of drug-likeness (QED) is 0.465.